The molecule has 0 atom stereocenters. The number of hydrogen-bond acceptors (Lipinski definition) is 5. The van der Waals surface area contributed by atoms with Crippen LogP contribution < -0.4 is 4.74 Å². The summed E-state index contributed by atoms with van der Waals surface area (Å²) in [7, 11) is 1.16. The second kappa shape index (κ2) is 3.56. The van der Waals surface area contributed by atoms with Gasteiger partial charge in [-0.1, -0.05) is 0 Å². The van der Waals surface area contributed by atoms with Gasteiger partial charge in [0.25, 0.3) is 5.88 Å². The number of carbonyl (C=O) groups is 1. The standard InChI is InChI=1S/C9H6FNO4/c1-13-9(12)14-8-6-4-5(10)2-3-7(6)15-11-8/h2-4H,1H3. The van der Waals surface area contributed by atoms with E-state index in [4.69, 9.17) is 4.52 Å². The number of aromatic nitrogens is 1. The van der Waals surface area contributed by atoms with Crippen molar-refractivity contribution in [2.24, 2.45) is 0 Å². The van der Waals surface area contributed by atoms with Gasteiger partial charge in [0.1, 0.15) is 5.82 Å². The predicted octanol–water partition coefficient (Wildman–Crippen LogP) is 2.11. The van der Waals surface area contributed by atoms with E-state index in [-0.39, 0.29) is 11.3 Å². The smallest absolute Gasteiger partial charge is 0.437 e. The Labute approximate surface area is 83.4 Å². The molecule has 0 aliphatic rings. The maximum atomic E-state index is 12.9. The number of nitrogens with zero attached hydrogens (tertiary/aromatic N) is 1. The summed E-state index contributed by atoms with van der Waals surface area (Å²) in [5.41, 5.74) is 0.329. The Morgan fingerprint density at radius 3 is 3.07 bits per heavy atom. The van der Waals surface area contributed by atoms with Crippen LogP contribution >= 0.6 is 0 Å². The second-order valence-electron chi connectivity index (χ2n) is 2.68. The molecule has 0 N–H and O–H groups in total. The minimum Gasteiger partial charge on any atom is -0.437 e. The van der Waals surface area contributed by atoms with E-state index in [1.165, 1.54) is 12.1 Å². The van der Waals surface area contributed by atoms with E-state index in [0.717, 1.165) is 13.2 Å². The highest BCUT2D eigenvalue weighted by atomic mass is 19.1. The van der Waals surface area contributed by atoms with Crippen LogP contribution in [0.1, 0.15) is 0 Å². The minimum absolute atomic E-state index is 0.114. The molecule has 0 radical (unpaired) electrons. The lowest BCUT2D eigenvalue weighted by atomic mass is 10.2. The molecule has 6 heteroatoms. The van der Waals surface area contributed by atoms with Crippen LogP contribution in [-0.4, -0.2) is 18.4 Å². The predicted molar refractivity (Wildman–Crippen MR) is 47.0 cm³/mol. The molecular weight excluding hydrogens is 205 g/mol. The number of ether oxygens (including phenoxy) is 2. The van der Waals surface area contributed by atoms with Crippen molar-refractivity contribution in [3.8, 4) is 5.88 Å². The molecule has 0 bridgehead atoms. The van der Waals surface area contributed by atoms with Crippen molar-refractivity contribution in [2.45, 2.75) is 0 Å². The molecule has 1 aromatic heterocycles. The normalized spacial score (nSPS) is 10.3. The highest BCUT2D eigenvalue weighted by Crippen LogP contribution is 2.25. The molecule has 2 rings (SSSR count). The van der Waals surface area contributed by atoms with E-state index >= 15 is 0 Å². The largest absolute Gasteiger partial charge is 0.515 e. The Balaban J connectivity index is 2.43. The molecule has 0 saturated heterocycles. The van der Waals surface area contributed by atoms with E-state index in [1.807, 2.05) is 0 Å². The minimum atomic E-state index is -0.936. The fraction of sp³-hybridized carbons (Fsp3) is 0.111. The van der Waals surface area contributed by atoms with Crippen molar-refractivity contribution in [1.82, 2.24) is 5.16 Å². The van der Waals surface area contributed by atoms with Gasteiger partial charge in [-0.3, -0.25) is 0 Å². The summed E-state index contributed by atoms with van der Waals surface area (Å²) in [6, 6.07) is 3.77. The number of halogens is 1. The number of hydrogen-bond donors (Lipinski definition) is 0. The summed E-state index contributed by atoms with van der Waals surface area (Å²) < 4.78 is 26.6. The van der Waals surface area contributed by atoms with Crippen molar-refractivity contribution in [3.05, 3.63) is 24.0 Å². The van der Waals surface area contributed by atoms with Gasteiger partial charge < -0.3 is 14.0 Å². The molecule has 15 heavy (non-hydrogen) atoms. The summed E-state index contributed by atoms with van der Waals surface area (Å²) in [4.78, 5) is 10.8. The molecule has 0 unspecified atom stereocenters. The number of benzene rings is 1. The summed E-state index contributed by atoms with van der Waals surface area (Å²) in [5.74, 6) is -0.586. The van der Waals surface area contributed by atoms with Crippen LogP contribution in [0.2, 0.25) is 0 Å². The van der Waals surface area contributed by atoms with Crippen LogP contribution in [0.3, 0.4) is 0 Å². The van der Waals surface area contributed by atoms with Gasteiger partial charge in [-0.2, -0.15) is 0 Å². The lowest BCUT2D eigenvalue weighted by Crippen LogP contribution is -2.07. The molecule has 0 spiro atoms. The fourth-order valence-electron chi connectivity index (χ4n) is 1.08. The van der Waals surface area contributed by atoms with Crippen molar-refractivity contribution in [2.75, 3.05) is 7.11 Å². The molecule has 2 aromatic rings. The lowest BCUT2D eigenvalue weighted by molar-refractivity contribution is 0.118. The third-order valence-corrected chi connectivity index (χ3v) is 1.75. The number of methoxy groups -OCH3 is 1. The van der Waals surface area contributed by atoms with Crippen molar-refractivity contribution in [3.63, 3.8) is 0 Å². The molecule has 0 saturated carbocycles. The quantitative estimate of drug-likeness (QED) is 0.676. The van der Waals surface area contributed by atoms with Gasteiger partial charge in [-0.15, -0.1) is 0 Å². The van der Waals surface area contributed by atoms with Gasteiger partial charge in [-0.05, 0) is 23.4 Å². The molecule has 0 aliphatic heterocycles. The Bertz CT molecular complexity index is 508. The second-order valence-corrected chi connectivity index (χ2v) is 2.68. The highest BCUT2D eigenvalue weighted by Gasteiger charge is 2.14. The van der Waals surface area contributed by atoms with E-state index in [1.54, 1.807) is 0 Å². The number of rotatable bonds is 1. The van der Waals surface area contributed by atoms with Crippen LogP contribution in [0.4, 0.5) is 9.18 Å². The molecule has 0 amide bonds. The van der Waals surface area contributed by atoms with Crippen LogP contribution in [0.15, 0.2) is 22.7 Å². The average Bonchev–Trinajstić information content (AvgIpc) is 2.61. The third-order valence-electron chi connectivity index (χ3n) is 1.75. The van der Waals surface area contributed by atoms with Crippen LogP contribution in [0, 0.1) is 5.82 Å². The fourth-order valence-corrected chi connectivity index (χ4v) is 1.08. The zero-order valence-corrected chi connectivity index (χ0v) is 7.69. The maximum Gasteiger partial charge on any atom is 0.515 e. The van der Waals surface area contributed by atoms with Gasteiger partial charge in [0.15, 0.2) is 5.58 Å². The van der Waals surface area contributed by atoms with Crippen molar-refractivity contribution >= 4 is 17.1 Å². The van der Waals surface area contributed by atoms with Gasteiger partial charge >= 0.3 is 6.16 Å². The first-order valence-electron chi connectivity index (χ1n) is 4.01. The molecular formula is C9H6FNO4. The third kappa shape index (κ3) is 1.74. The van der Waals surface area contributed by atoms with Gasteiger partial charge in [0, 0.05) is 0 Å². The SMILES string of the molecule is COC(=O)Oc1noc2ccc(F)cc12. The average molecular weight is 211 g/mol. The maximum absolute atomic E-state index is 12.9. The van der Waals surface area contributed by atoms with Gasteiger partial charge in [0.2, 0.25) is 0 Å². The highest BCUT2D eigenvalue weighted by molar-refractivity contribution is 5.84. The Morgan fingerprint density at radius 2 is 2.33 bits per heavy atom. The molecule has 1 heterocycles. The summed E-state index contributed by atoms with van der Waals surface area (Å²) >= 11 is 0. The van der Waals surface area contributed by atoms with Crippen LogP contribution in [0.5, 0.6) is 5.88 Å². The van der Waals surface area contributed by atoms with Gasteiger partial charge in [0.05, 0.1) is 12.5 Å². The molecule has 1 aromatic carbocycles. The summed E-state index contributed by atoms with van der Waals surface area (Å²) in [6.07, 6.45) is -0.936. The zero-order chi connectivity index (χ0) is 10.8. The number of carbonyl (C=O) groups excluding carboxylic acids is 1. The first-order chi connectivity index (χ1) is 7.20. The van der Waals surface area contributed by atoms with E-state index in [2.05, 4.69) is 14.6 Å². The van der Waals surface area contributed by atoms with Gasteiger partial charge in [-0.25, -0.2) is 9.18 Å². The van der Waals surface area contributed by atoms with Crippen molar-refractivity contribution < 1.29 is 23.2 Å². The van der Waals surface area contributed by atoms with E-state index in [0.29, 0.717) is 5.58 Å². The lowest BCUT2D eigenvalue weighted by Gasteiger charge is -1.96. The topological polar surface area (TPSA) is 61.6 Å². The molecule has 78 valence electrons. The molecule has 0 fully saturated rings. The first-order valence-corrected chi connectivity index (χ1v) is 4.01. The Morgan fingerprint density at radius 1 is 1.53 bits per heavy atom. The number of fused-ring (bicyclic) bond motifs is 1. The summed E-state index contributed by atoms with van der Waals surface area (Å²) in [5, 5.41) is 3.74. The first kappa shape index (κ1) is 9.45. The van der Waals surface area contributed by atoms with E-state index < -0.39 is 12.0 Å². The van der Waals surface area contributed by atoms with Crippen molar-refractivity contribution in [1.29, 1.82) is 0 Å². The molecule has 5 nitrogen and oxygen atoms in total. The van der Waals surface area contributed by atoms with Crippen LogP contribution in [0.25, 0.3) is 11.0 Å². The monoisotopic (exact) mass is 211 g/mol. The Hall–Kier alpha value is -2.11. The van der Waals surface area contributed by atoms with Crippen LogP contribution in [-0.2, 0) is 4.74 Å². The zero-order valence-electron chi connectivity index (χ0n) is 7.69. The summed E-state index contributed by atoms with van der Waals surface area (Å²) in [6.45, 7) is 0. The Kier molecular flexibility index (Phi) is 2.24. The van der Waals surface area contributed by atoms with E-state index in [9.17, 15) is 9.18 Å². The molecule has 0 aliphatic carbocycles.